The first kappa shape index (κ1) is 21.0. The van der Waals surface area contributed by atoms with Gasteiger partial charge in [0.1, 0.15) is 18.2 Å². The van der Waals surface area contributed by atoms with E-state index in [-0.39, 0.29) is 17.9 Å². The Balaban J connectivity index is 0.00000156. The summed E-state index contributed by atoms with van der Waals surface area (Å²) in [5, 5.41) is 0. The van der Waals surface area contributed by atoms with Gasteiger partial charge in [-0.2, -0.15) is 0 Å². The molecule has 0 atom stereocenters. The van der Waals surface area contributed by atoms with Crippen LogP contribution < -0.4 is 4.74 Å². The van der Waals surface area contributed by atoms with Crippen LogP contribution >= 0.6 is 12.4 Å². The molecule has 0 radical (unpaired) electrons. The molecule has 2 aromatic carbocycles. The number of nitrogens with zero attached hydrogens (tertiary/aromatic N) is 3. The summed E-state index contributed by atoms with van der Waals surface area (Å²) in [4.78, 5) is 6.96. The van der Waals surface area contributed by atoms with Crippen LogP contribution in [0.5, 0.6) is 5.75 Å². The molecule has 3 aromatic rings. The molecule has 0 fully saturated rings. The Kier molecular flexibility index (Phi) is 8.41. The zero-order valence-corrected chi connectivity index (χ0v) is 15.5. The van der Waals surface area contributed by atoms with Gasteiger partial charge in [0, 0.05) is 6.54 Å². The summed E-state index contributed by atoms with van der Waals surface area (Å²) in [5.41, 5.74) is 2.21. The zero-order chi connectivity index (χ0) is 16.1. The lowest BCUT2D eigenvalue weighted by Gasteiger charge is -2.13. The number of hydrogen-bond donors (Lipinski definition) is 0. The molecule has 136 valence electrons. The number of fused-ring (bicyclic) bond motifs is 1. The maximum atomic E-state index is 5.90. The van der Waals surface area contributed by atoms with Crippen LogP contribution in [0.3, 0.4) is 0 Å². The van der Waals surface area contributed by atoms with E-state index in [1.54, 1.807) is 0 Å². The molecule has 5 nitrogen and oxygen atoms in total. The summed E-state index contributed by atoms with van der Waals surface area (Å²) in [7, 11) is 4.21. The first-order chi connectivity index (χ1) is 11.2. The van der Waals surface area contributed by atoms with E-state index >= 15 is 0 Å². The Bertz CT molecular complexity index is 760. The molecule has 25 heavy (non-hydrogen) atoms. The first-order valence-electron chi connectivity index (χ1n) is 8.01. The average molecular weight is 364 g/mol. The lowest BCUT2D eigenvalue weighted by atomic mass is 10.3. The van der Waals surface area contributed by atoms with Crippen molar-refractivity contribution in [3.05, 3.63) is 60.4 Å². The topological polar surface area (TPSA) is 61.8 Å². The Labute approximate surface area is 155 Å². The van der Waals surface area contributed by atoms with Crippen molar-refractivity contribution in [2.24, 2.45) is 0 Å². The van der Waals surface area contributed by atoms with E-state index in [0.29, 0.717) is 6.61 Å². The molecule has 0 saturated heterocycles. The number of aromatic nitrogens is 2. The third-order valence-electron chi connectivity index (χ3n) is 3.83. The van der Waals surface area contributed by atoms with E-state index in [9.17, 15) is 0 Å². The molecule has 0 saturated carbocycles. The second-order valence-corrected chi connectivity index (χ2v) is 5.93. The third-order valence-corrected chi connectivity index (χ3v) is 3.83. The van der Waals surface area contributed by atoms with Gasteiger partial charge in [0.05, 0.1) is 11.0 Å². The van der Waals surface area contributed by atoms with Gasteiger partial charge in [0.2, 0.25) is 0 Å². The second-order valence-electron chi connectivity index (χ2n) is 5.93. The maximum absolute atomic E-state index is 5.90. The highest BCUT2D eigenvalue weighted by molar-refractivity contribution is 5.85. The summed E-state index contributed by atoms with van der Waals surface area (Å²) in [5.74, 6) is 1.85. The molecule has 1 aromatic heterocycles. The minimum Gasteiger partial charge on any atom is -0.486 e. The number of imidazole rings is 1. The van der Waals surface area contributed by atoms with Gasteiger partial charge in [0.25, 0.3) is 0 Å². The summed E-state index contributed by atoms with van der Waals surface area (Å²) in [6.45, 7) is 2.50. The molecule has 0 spiro atoms. The number of halogens is 1. The van der Waals surface area contributed by atoms with E-state index in [0.717, 1.165) is 36.6 Å². The molecule has 0 unspecified atom stereocenters. The van der Waals surface area contributed by atoms with Crippen molar-refractivity contribution < 1.29 is 10.2 Å². The zero-order valence-electron chi connectivity index (χ0n) is 14.7. The monoisotopic (exact) mass is 363 g/mol. The Morgan fingerprint density at radius 2 is 1.68 bits per heavy atom. The lowest BCUT2D eigenvalue weighted by Crippen LogP contribution is -2.16. The third kappa shape index (κ3) is 5.46. The number of para-hydroxylation sites is 3. The van der Waals surface area contributed by atoms with Crippen molar-refractivity contribution in [1.29, 1.82) is 0 Å². The Morgan fingerprint density at radius 3 is 2.40 bits per heavy atom. The minimum atomic E-state index is 0. The van der Waals surface area contributed by atoms with Crippen LogP contribution in [0, 0.1) is 0 Å². The molecule has 0 aliphatic rings. The van der Waals surface area contributed by atoms with Gasteiger partial charge in [-0.3, -0.25) is 0 Å². The minimum absolute atomic E-state index is 0. The van der Waals surface area contributed by atoms with E-state index in [1.165, 1.54) is 5.52 Å². The van der Waals surface area contributed by atoms with Gasteiger partial charge >= 0.3 is 0 Å². The highest BCUT2D eigenvalue weighted by Crippen LogP contribution is 2.18. The van der Waals surface area contributed by atoms with Gasteiger partial charge in [-0.15, -0.1) is 12.4 Å². The fourth-order valence-corrected chi connectivity index (χ4v) is 2.69. The van der Waals surface area contributed by atoms with Crippen LogP contribution in [-0.4, -0.2) is 40.6 Å². The quantitative estimate of drug-likeness (QED) is 0.647. The molecule has 0 amide bonds. The fourth-order valence-electron chi connectivity index (χ4n) is 2.69. The largest absolute Gasteiger partial charge is 0.486 e. The molecule has 6 heteroatoms. The van der Waals surface area contributed by atoms with Gasteiger partial charge in [0.15, 0.2) is 0 Å². The number of aryl methyl sites for hydroxylation is 1. The van der Waals surface area contributed by atoms with E-state index in [2.05, 4.69) is 41.8 Å². The Morgan fingerprint density at radius 1 is 1.00 bits per heavy atom. The maximum Gasteiger partial charge on any atom is 0.147 e. The van der Waals surface area contributed by atoms with Gasteiger partial charge < -0.3 is 19.7 Å². The summed E-state index contributed by atoms with van der Waals surface area (Å²) in [6, 6.07) is 18.2. The summed E-state index contributed by atoms with van der Waals surface area (Å²) >= 11 is 0. The standard InChI is InChI=1S/C19H23N3O.ClH.H2O/c1-21(2)13-8-14-22-18-12-7-6-11-17(18)20-19(22)15-23-16-9-4-3-5-10-16;;/h3-7,9-12H,8,13-15H2,1-2H3;1H;1H2. The van der Waals surface area contributed by atoms with E-state index in [1.807, 2.05) is 36.4 Å². The number of hydrogen-bond acceptors (Lipinski definition) is 3. The van der Waals surface area contributed by atoms with Crippen molar-refractivity contribution in [3.63, 3.8) is 0 Å². The normalized spacial score (nSPS) is 10.4. The molecule has 2 N–H and O–H groups in total. The molecule has 0 aliphatic heterocycles. The molecular weight excluding hydrogens is 338 g/mol. The summed E-state index contributed by atoms with van der Waals surface area (Å²) < 4.78 is 8.18. The number of benzene rings is 2. The second kappa shape index (κ2) is 10.0. The molecular formula is C19H26ClN3O2. The SMILES string of the molecule is CN(C)CCCn1c(COc2ccccc2)nc2ccccc21.Cl.O. The summed E-state index contributed by atoms with van der Waals surface area (Å²) in [6.07, 6.45) is 1.09. The van der Waals surface area contributed by atoms with Crippen molar-refractivity contribution in [1.82, 2.24) is 14.5 Å². The number of rotatable bonds is 7. The van der Waals surface area contributed by atoms with E-state index in [4.69, 9.17) is 9.72 Å². The average Bonchev–Trinajstić information content (AvgIpc) is 2.92. The predicted octanol–water partition coefficient (Wildman–Crippen LogP) is 3.16. The highest BCUT2D eigenvalue weighted by Gasteiger charge is 2.11. The van der Waals surface area contributed by atoms with Crippen LogP contribution in [-0.2, 0) is 13.2 Å². The van der Waals surface area contributed by atoms with Crippen molar-refractivity contribution in [2.45, 2.75) is 19.6 Å². The number of ether oxygens (including phenoxy) is 1. The predicted molar refractivity (Wildman–Crippen MR) is 105 cm³/mol. The first-order valence-corrected chi connectivity index (χ1v) is 8.01. The van der Waals surface area contributed by atoms with E-state index < -0.39 is 0 Å². The smallest absolute Gasteiger partial charge is 0.147 e. The molecule has 0 aliphatic carbocycles. The molecule has 0 bridgehead atoms. The van der Waals surface area contributed by atoms with Gasteiger partial charge in [-0.1, -0.05) is 30.3 Å². The van der Waals surface area contributed by atoms with Crippen LogP contribution in [0.25, 0.3) is 11.0 Å². The van der Waals surface area contributed by atoms with Crippen molar-refractivity contribution in [2.75, 3.05) is 20.6 Å². The van der Waals surface area contributed by atoms with Crippen molar-refractivity contribution >= 4 is 23.4 Å². The fraction of sp³-hybridized carbons (Fsp3) is 0.316. The van der Waals surface area contributed by atoms with Gasteiger partial charge in [-0.25, -0.2) is 4.98 Å². The lowest BCUT2D eigenvalue weighted by molar-refractivity contribution is 0.288. The molecule has 1 heterocycles. The highest BCUT2D eigenvalue weighted by atomic mass is 35.5. The van der Waals surface area contributed by atoms with Crippen molar-refractivity contribution in [3.8, 4) is 5.75 Å². The van der Waals surface area contributed by atoms with Gasteiger partial charge in [-0.05, 0) is 51.3 Å². The van der Waals surface area contributed by atoms with Crippen LogP contribution in [0.2, 0.25) is 0 Å². The van der Waals surface area contributed by atoms with Crippen LogP contribution in [0.15, 0.2) is 54.6 Å². The molecule has 3 rings (SSSR count). The van der Waals surface area contributed by atoms with Crippen LogP contribution in [0.1, 0.15) is 12.2 Å². The Hall–Kier alpha value is -2.08. The van der Waals surface area contributed by atoms with Crippen LogP contribution in [0.4, 0.5) is 0 Å².